The molecule has 2 amide bonds. The lowest BCUT2D eigenvalue weighted by atomic mass is 10.1. The Hall–Kier alpha value is -1.93. The van der Waals surface area contributed by atoms with Gasteiger partial charge in [-0.15, -0.1) is 0 Å². The van der Waals surface area contributed by atoms with Gasteiger partial charge in [0.25, 0.3) is 0 Å². The smallest absolute Gasteiger partial charge is 0.246 e. The van der Waals surface area contributed by atoms with Crippen LogP contribution in [0.15, 0.2) is 30.3 Å². The van der Waals surface area contributed by atoms with E-state index in [2.05, 4.69) is 0 Å². The minimum absolute atomic E-state index is 0.0275. The van der Waals surface area contributed by atoms with Crippen molar-refractivity contribution in [1.82, 2.24) is 14.1 Å². The standard InChI is InChI=1S/C17H23N3O4S/c1-2-25(23,24)19-9-8-15-17(22)18(12-14-6-4-3-5-7-14)13-16(21)20(15)11-10-19/h3-7,15H,2,8-13H2,1H3. The lowest BCUT2D eigenvalue weighted by molar-refractivity contribution is -0.156. The number of sulfonamides is 1. The average Bonchev–Trinajstić information content (AvgIpc) is 2.84. The molecule has 2 heterocycles. The van der Waals surface area contributed by atoms with E-state index in [1.807, 2.05) is 30.3 Å². The van der Waals surface area contributed by atoms with E-state index in [9.17, 15) is 18.0 Å². The Kier molecular flexibility index (Phi) is 5.10. The number of amides is 2. The summed E-state index contributed by atoms with van der Waals surface area (Å²) >= 11 is 0. The topological polar surface area (TPSA) is 78.0 Å². The summed E-state index contributed by atoms with van der Waals surface area (Å²) in [6.07, 6.45) is 0.342. The Morgan fingerprint density at radius 1 is 1.08 bits per heavy atom. The van der Waals surface area contributed by atoms with Crippen LogP contribution in [0.3, 0.4) is 0 Å². The van der Waals surface area contributed by atoms with Crippen LogP contribution in [-0.4, -0.2) is 72.3 Å². The fraction of sp³-hybridized carbons (Fsp3) is 0.529. The van der Waals surface area contributed by atoms with Gasteiger partial charge in [0.15, 0.2) is 0 Å². The van der Waals surface area contributed by atoms with Crippen molar-refractivity contribution < 1.29 is 18.0 Å². The number of nitrogens with zero attached hydrogens (tertiary/aromatic N) is 3. The molecule has 2 aliphatic heterocycles. The molecule has 0 bridgehead atoms. The van der Waals surface area contributed by atoms with Crippen LogP contribution in [0.2, 0.25) is 0 Å². The summed E-state index contributed by atoms with van der Waals surface area (Å²) < 4.78 is 25.6. The van der Waals surface area contributed by atoms with Gasteiger partial charge < -0.3 is 9.80 Å². The van der Waals surface area contributed by atoms with Gasteiger partial charge in [0.1, 0.15) is 12.6 Å². The van der Waals surface area contributed by atoms with Crippen LogP contribution in [0.25, 0.3) is 0 Å². The van der Waals surface area contributed by atoms with Gasteiger partial charge in [-0.3, -0.25) is 9.59 Å². The van der Waals surface area contributed by atoms with Gasteiger partial charge in [-0.05, 0) is 18.9 Å². The first-order chi connectivity index (χ1) is 11.9. The molecule has 2 aliphatic rings. The number of piperazine rings is 1. The largest absolute Gasteiger partial charge is 0.328 e. The summed E-state index contributed by atoms with van der Waals surface area (Å²) in [5.74, 6) is -0.185. The minimum Gasteiger partial charge on any atom is -0.328 e. The highest BCUT2D eigenvalue weighted by Crippen LogP contribution is 2.22. The Morgan fingerprint density at radius 2 is 1.80 bits per heavy atom. The van der Waals surface area contributed by atoms with Crippen molar-refractivity contribution in [3.8, 4) is 0 Å². The molecule has 25 heavy (non-hydrogen) atoms. The van der Waals surface area contributed by atoms with Crippen molar-refractivity contribution in [3.05, 3.63) is 35.9 Å². The summed E-state index contributed by atoms with van der Waals surface area (Å²) in [5, 5.41) is 0. The maximum Gasteiger partial charge on any atom is 0.246 e. The molecule has 2 saturated heterocycles. The lowest BCUT2D eigenvalue weighted by Gasteiger charge is -2.39. The van der Waals surface area contributed by atoms with E-state index in [-0.39, 0.29) is 43.7 Å². The quantitative estimate of drug-likeness (QED) is 0.768. The van der Waals surface area contributed by atoms with Crippen LogP contribution in [0.1, 0.15) is 18.9 Å². The third-order valence-electron chi connectivity index (χ3n) is 4.84. The second-order valence-electron chi connectivity index (χ2n) is 6.37. The normalized spacial score (nSPS) is 22.7. The zero-order chi connectivity index (χ0) is 18.0. The van der Waals surface area contributed by atoms with Crippen molar-refractivity contribution in [2.75, 3.05) is 31.9 Å². The second-order valence-corrected chi connectivity index (χ2v) is 8.63. The number of carbonyl (C=O) groups excluding carboxylic acids is 2. The number of fused-ring (bicyclic) bond motifs is 1. The van der Waals surface area contributed by atoms with Crippen molar-refractivity contribution in [2.45, 2.75) is 25.9 Å². The fourth-order valence-electron chi connectivity index (χ4n) is 3.41. The minimum atomic E-state index is -3.31. The van der Waals surface area contributed by atoms with Gasteiger partial charge in [-0.2, -0.15) is 0 Å². The Bertz CT molecular complexity index is 750. The van der Waals surface area contributed by atoms with Gasteiger partial charge in [-0.1, -0.05) is 30.3 Å². The van der Waals surface area contributed by atoms with Crippen LogP contribution >= 0.6 is 0 Å². The summed E-state index contributed by atoms with van der Waals surface area (Å²) in [7, 11) is -3.31. The Morgan fingerprint density at radius 3 is 2.48 bits per heavy atom. The molecule has 0 saturated carbocycles. The molecule has 0 spiro atoms. The van der Waals surface area contributed by atoms with E-state index >= 15 is 0 Å². The molecule has 8 heteroatoms. The first-order valence-corrected chi connectivity index (χ1v) is 10.1. The first-order valence-electron chi connectivity index (χ1n) is 8.52. The van der Waals surface area contributed by atoms with E-state index in [1.165, 1.54) is 4.31 Å². The molecule has 0 aromatic heterocycles. The third-order valence-corrected chi connectivity index (χ3v) is 6.72. The molecule has 1 unspecified atom stereocenters. The monoisotopic (exact) mass is 365 g/mol. The second kappa shape index (κ2) is 7.13. The maximum atomic E-state index is 12.9. The van der Waals surface area contributed by atoms with E-state index in [0.29, 0.717) is 13.0 Å². The highest BCUT2D eigenvalue weighted by molar-refractivity contribution is 7.89. The van der Waals surface area contributed by atoms with Gasteiger partial charge in [0.05, 0.1) is 5.75 Å². The van der Waals surface area contributed by atoms with Gasteiger partial charge in [-0.25, -0.2) is 12.7 Å². The number of hydrogen-bond donors (Lipinski definition) is 0. The highest BCUT2D eigenvalue weighted by atomic mass is 32.2. The summed E-state index contributed by atoms with van der Waals surface area (Å²) in [6, 6.07) is 8.98. The molecule has 7 nitrogen and oxygen atoms in total. The van der Waals surface area contributed by atoms with Crippen molar-refractivity contribution in [1.29, 1.82) is 0 Å². The molecule has 1 atom stereocenters. The maximum absolute atomic E-state index is 12.9. The average molecular weight is 365 g/mol. The number of hydrogen-bond acceptors (Lipinski definition) is 4. The van der Waals surface area contributed by atoms with Crippen molar-refractivity contribution in [3.63, 3.8) is 0 Å². The SMILES string of the molecule is CCS(=O)(=O)N1CCC2C(=O)N(Cc3ccccc3)CC(=O)N2CC1. The van der Waals surface area contributed by atoms with Crippen LogP contribution in [0, 0.1) is 0 Å². The predicted octanol–water partition coefficient (Wildman–Crippen LogP) is 0.281. The van der Waals surface area contributed by atoms with Gasteiger partial charge >= 0.3 is 0 Å². The molecule has 1 aromatic rings. The van der Waals surface area contributed by atoms with Crippen molar-refractivity contribution >= 4 is 21.8 Å². The van der Waals surface area contributed by atoms with Crippen LogP contribution in [-0.2, 0) is 26.2 Å². The van der Waals surface area contributed by atoms with Crippen LogP contribution in [0.5, 0.6) is 0 Å². The summed E-state index contributed by atoms with van der Waals surface area (Å²) in [5.41, 5.74) is 0.973. The van der Waals surface area contributed by atoms with Gasteiger partial charge in [0.2, 0.25) is 21.8 Å². The Balaban J connectivity index is 1.76. The molecule has 2 fully saturated rings. The molecule has 0 radical (unpaired) electrons. The van der Waals surface area contributed by atoms with Crippen LogP contribution in [0.4, 0.5) is 0 Å². The molecule has 3 rings (SSSR count). The molecule has 0 aliphatic carbocycles. The molecule has 1 aromatic carbocycles. The molecular formula is C17H23N3O4S. The highest BCUT2D eigenvalue weighted by Gasteiger charge is 2.41. The predicted molar refractivity (Wildman–Crippen MR) is 93.0 cm³/mol. The van der Waals surface area contributed by atoms with Gasteiger partial charge in [0, 0.05) is 26.2 Å². The molecular weight excluding hydrogens is 342 g/mol. The van der Waals surface area contributed by atoms with E-state index in [1.54, 1.807) is 16.7 Å². The van der Waals surface area contributed by atoms with Crippen molar-refractivity contribution in [2.24, 2.45) is 0 Å². The van der Waals surface area contributed by atoms with E-state index in [4.69, 9.17) is 0 Å². The van der Waals surface area contributed by atoms with Crippen LogP contribution < -0.4 is 0 Å². The number of carbonyl (C=O) groups is 2. The zero-order valence-corrected chi connectivity index (χ0v) is 15.1. The van der Waals surface area contributed by atoms with E-state index in [0.717, 1.165) is 5.56 Å². The first kappa shape index (κ1) is 17.9. The fourth-order valence-corrected chi connectivity index (χ4v) is 4.51. The lowest BCUT2D eigenvalue weighted by Crippen LogP contribution is -2.59. The summed E-state index contributed by atoms with van der Waals surface area (Å²) in [4.78, 5) is 28.5. The number of rotatable bonds is 4. The molecule has 136 valence electrons. The number of benzene rings is 1. The van der Waals surface area contributed by atoms with E-state index < -0.39 is 16.1 Å². The molecule has 0 N–H and O–H groups in total. The Labute approximate surface area is 148 Å². The third kappa shape index (κ3) is 3.69. The summed E-state index contributed by atoms with van der Waals surface area (Å²) in [6.45, 7) is 2.84. The zero-order valence-electron chi connectivity index (χ0n) is 14.3.